The van der Waals surface area contributed by atoms with Crippen LogP contribution in [0.4, 0.5) is 17.1 Å². The van der Waals surface area contributed by atoms with Crippen LogP contribution in [-0.4, -0.2) is 0 Å². The number of hydrogen-bond donors (Lipinski definition) is 0. The third kappa shape index (κ3) is 5.04. The summed E-state index contributed by atoms with van der Waals surface area (Å²) in [6, 6.07) is 68.1. The highest BCUT2D eigenvalue weighted by atomic mass is 32.1. The van der Waals surface area contributed by atoms with Gasteiger partial charge in [0.05, 0.1) is 5.69 Å². The zero-order chi connectivity index (χ0) is 31.9. The summed E-state index contributed by atoms with van der Waals surface area (Å²) in [6.45, 7) is 0. The van der Waals surface area contributed by atoms with Gasteiger partial charge in [0.1, 0.15) is 0 Å². The SMILES string of the molecule is c1ccc(-c2ccc(-c3ccc(N(c4ccc5c(ccc6sc7ccccc7c65)c4)c4ccccc4-c4ccccc4)cc3)cc2)cc1. The molecule has 9 rings (SSSR count). The Morgan fingerprint density at radius 2 is 0.917 bits per heavy atom. The van der Waals surface area contributed by atoms with Crippen LogP contribution in [0, 0.1) is 0 Å². The molecule has 0 bridgehead atoms. The maximum atomic E-state index is 2.40. The number of para-hydroxylation sites is 1. The maximum absolute atomic E-state index is 2.40. The second-order valence-electron chi connectivity index (χ2n) is 12.2. The summed E-state index contributed by atoms with van der Waals surface area (Å²) in [4.78, 5) is 2.40. The van der Waals surface area contributed by atoms with E-state index in [9.17, 15) is 0 Å². The van der Waals surface area contributed by atoms with Gasteiger partial charge in [-0.15, -0.1) is 11.3 Å². The number of benzene rings is 8. The first-order valence-corrected chi connectivity index (χ1v) is 17.2. The molecule has 1 aromatic heterocycles. The van der Waals surface area contributed by atoms with Crippen molar-refractivity contribution in [2.24, 2.45) is 0 Å². The minimum absolute atomic E-state index is 1.12. The van der Waals surface area contributed by atoms with E-state index >= 15 is 0 Å². The van der Waals surface area contributed by atoms with Crippen LogP contribution in [0.1, 0.15) is 0 Å². The quantitative estimate of drug-likeness (QED) is 0.177. The average Bonchev–Trinajstić information content (AvgIpc) is 3.55. The van der Waals surface area contributed by atoms with Gasteiger partial charge in [-0.2, -0.15) is 0 Å². The predicted molar refractivity (Wildman–Crippen MR) is 208 cm³/mol. The van der Waals surface area contributed by atoms with E-state index in [1.807, 2.05) is 11.3 Å². The highest BCUT2D eigenvalue weighted by Gasteiger charge is 2.18. The first-order valence-electron chi connectivity index (χ1n) is 16.3. The van der Waals surface area contributed by atoms with Crippen molar-refractivity contribution in [2.75, 3.05) is 4.90 Å². The number of nitrogens with zero attached hydrogens (tertiary/aromatic N) is 1. The molecule has 1 heterocycles. The van der Waals surface area contributed by atoms with Crippen LogP contribution >= 0.6 is 11.3 Å². The molecule has 0 amide bonds. The lowest BCUT2D eigenvalue weighted by Gasteiger charge is -2.28. The van der Waals surface area contributed by atoms with Crippen LogP contribution in [0.15, 0.2) is 188 Å². The lowest BCUT2D eigenvalue weighted by molar-refractivity contribution is 1.29. The van der Waals surface area contributed by atoms with Crippen molar-refractivity contribution in [1.29, 1.82) is 0 Å². The minimum atomic E-state index is 1.12. The molecule has 0 aliphatic heterocycles. The Morgan fingerprint density at radius 1 is 0.354 bits per heavy atom. The van der Waals surface area contributed by atoms with Crippen LogP contribution in [0.3, 0.4) is 0 Å². The highest BCUT2D eigenvalue weighted by molar-refractivity contribution is 7.26. The van der Waals surface area contributed by atoms with Gasteiger partial charge in [-0.1, -0.05) is 146 Å². The first kappa shape index (κ1) is 28.3. The zero-order valence-corrected chi connectivity index (χ0v) is 27.1. The molecular weight excluding hydrogens is 599 g/mol. The van der Waals surface area contributed by atoms with E-state index in [-0.39, 0.29) is 0 Å². The average molecular weight is 630 g/mol. The zero-order valence-electron chi connectivity index (χ0n) is 26.3. The molecule has 8 aromatic carbocycles. The molecule has 9 aromatic rings. The van der Waals surface area contributed by atoms with Crippen molar-refractivity contribution in [3.05, 3.63) is 188 Å². The lowest BCUT2D eigenvalue weighted by atomic mass is 9.99. The molecule has 2 heteroatoms. The summed E-state index contributed by atoms with van der Waals surface area (Å²) in [5, 5.41) is 5.20. The predicted octanol–water partition coefficient (Wildman–Crippen LogP) is 13.7. The van der Waals surface area contributed by atoms with Crippen molar-refractivity contribution in [3.8, 4) is 33.4 Å². The molecule has 0 aliphatic rings. The van der Waals surface area contributed by atoms with Crippen LogP contribution < -0.4 is 4.90 Å². The van der Waals surface area contributed by atoms with E-state index in [2.05, 4.69) is 193 Å². The molecule has 0 aliphatic carbocycles. The molecule has 0 atom stereocenters. The van der Waals surface area contributed by atoms with Crippen LogP contribution in [-0.2, 0) is 0 Å². The number of hydrogen-bond acceptors (Lipinski definition) is 2. The molecule has 0 radical (unpaired) electrons. The monoisotopic (exact) mass is 629 g/mol. The van der Waals surface area contributed by atoms with Gasteiger partial charge in [-0.25, -0.2) is 0 Å². The molecule has 48 heavy (non-hydrogen) atoms. The van der Waals surface area contributed by atoms with Gasteiger partial charge >= 0.3 is 0 Å². The number of thiophene rings is 1. The largest absolute Gasteiger partial charge is 0.310 e. The Bertz CT molecular complexity index is 2530. The van der Waals surface area contributed by atoms with E-state index in [1.165, 1.54) is 64.3 Å². The molecule has 1 nitrogen and oxygen atoms in total. The Labute approximate surface area is 284 Å². The maximum Gasteiger partial charge on any atom is 0.0540 e. The van der Waals surface area contributed by atoms with Gasteiger partial charge in [0.2, 0.25) is 0 Å². The molecule has 0 saturated heterocycles. The van der Waals surface area contributed by atoms with Crippen LogP contribution in [0.25, 0.3) is 64.3 Å². The van der Waals surface area contributed by atoms with Gasteiger partial charge < -0.3 is 4.90 Å². The van der Waals surface area contributed by atoms with Crippen molar-refractivity contribution in [3.63, 3.8) is 0 Å². The van der Waals surface area contributed by atoms with Crippen molar-refractivity contribution >= 4 is 59.3 Å². The van der Waals surface area contributed by atoms with Gasteiger partial charge in [0.25, 0.3) is 0 Å². The molecular formula is C46H31NS. The van der Waals surface area contributed by atoms with E-state index in [1.54, 1.807) is 0 Å². The standard InChI is InChI=1S/C46H31NS/c1-3-11-32(12-4-1)33-19-21-34(22-20-33)35-23-26-38(27-24-35)47(43-17-9-7-15-40(43)36-13-5-2-6-14-36)39-28-29-41-37(31-39)25-30-45-46(41)42-16-8-10-18-44(42)48-45/h1-31H. The van der Waals surface area contributed by atoms with E-state index < -0.39 is 0 Å². The van der Waals surface area contributed by atoms with E-state index in [0.29, 0.717) is 0 Å². The minimum Gasteiger partial charge on any atom is -0.310 e. The second-order valence-corrected chi connectivity index (χ2v) is 13.2. The van der Waals surface area contributed by atoms with Gasteiger partial charge in [0.15, 0.2) is 0 Å². The number of fused-ring (bicyclic) bond motifs is 5. The lowest BCUT2D eigenvalue weighted by Crippen LogP contribution is -2.11. The van der Waals surface area contributed by atoms with Crippen LogP contribution in [0.2, 0.25) is 0 Å². The summed E-state index contributed by atoms with van der Waals surface area (Å²) in [5.74, 6) is 0. The summed E-state index contributed by atoms with van der Waals surface area (Å²) in [6.07, 6.45) is 0. The second kappa shape index (κ2) is 12.0. The third-order valence-electron chi connectivity index (χ3n) is 9.28. The van der Waals surface area contributed by atoms with Crippen molar-refractivity contribution < 1.29 is 0 Å². The van der Waals surface area contributed by atoms with Gasteiger partial charge in [-0.05, 0) is 81.1 Å². The van der Waals surface area contributed by atoms with Gasteiger partial charge in [-0.3, -0.25) is 0 Å². The Balaban J connectivity index is 1.17. The molecule has 0 saturated carbocycles. The van der Waals surface area contributed by atoms with E-state index in [4.69, 9.17) is 0 Å². The van der Waals surface area contributed by atoms with Gasteiger partial charge in [0, 0.05) is 37.1 Å². The smallest absolute Gasteiger partial charge is 0.0540 e. The molecule has 0 unspecified atom stereocenters. The molecule has 0 N–H and O–H groups in total. The molecule has 0 spiro atoms. The molecule has 226 valence electrons. The summed E-state index contributed by atoms with van der Waals surface area (Å²) >= 11 is 1.87. The third-order valence-corrected chi connectivity index (χ3v) is 10.4. The summed E-state index contributed by atoms with van der Waals surface area (Å²) in [7, 11) is 0. The fourth-order valence-electron chi connectivity index (χ4n) is 6.93. The Morgan fingerprint density at radius 3 is 1.65 bits per heavy atom. The van der Waals surface area contributed by atoms with Crippen molar-refractivity contribution in [2.45, 2.75) is 0 Å². The summed E-state index contributed by atoms with van der Waals surface area (Å²) in [5.41, 5.74) is 10.6. The number of anilines is 3. The number of rotatable bonds is 6. The summed E-state index contributed by atoms with van der Waals surface area (Å²) < 4.78 is 2.66. The fourth-order valence-corrected chi connectivity index (χ4v) is 8.05. The normalized spacial score (nSPS) is 11.3. The topological polar surface area (TPSA) is 3.24 Å². The Hall–Kier alpha value is -5.96. The van der Waals surface area contributed by atoms with Crippen LogP contribution in [0.5, 0.6) is 0 Å². The molecule has 0 fully saturated rings. The fraction of sp³-hybridized carbons (Fsp3) is 0. The highest BCUT2D eigenvalue weighted by Crippen LogP contribution is 2.44. The Kier molecular flexibility index (Phi) is 7.07. The van der Waals surface area contributed by atoms with Crippen molar-refractivity contribution in [1.82, 2.24) is 0 Å². The van der Waals surface area contributed by atoms with E-state index in [0.717, 1.165) is 17.1 Å². The first-order chi connectivity index (χ1) is 23.8.